The molecule has 6 heteroatoms. The number of thiophene rings is 1. The molecular weight excluding hydrogens is 328 g/mol. The summed E-state index contributed by atoms with van der Waals surface area (Å²) < 4.78 is 0. The van der Waals surface area contributed by atoms with Crippen molar-refractivity contribution in [1.29, 1.82) is 0 Å². The van der Waals surface area contributed by atoms with E-state index in [1.54, 1.807) is 7.05 Å². The number of thioether (sulfide) groups is 1. The number of amides is 2. The van der Waals surface area contributed by atoms with Crippen molar-refractivity contribution in [3.63, 3.8) is 0 Å². The summed E-state index contributed by atoms with van der Waals surface area (Å²) in [5, 5.41) is 6.12. The van der Waals surface area contributed by atoms with Crippen LogP contribution in [0, 0.1) is 0 Å². The van der Waals surface area contributed by atoms with Crippen molar-refractivity contribution in [2.45, 2.75) is 18.6 Å². The van der Waals surface area contributed by atoms with Crippen molar-refractivity contribution in [1.82, 2.24) is 5.32 Å². The number of carbonyl (C=O) groups is 2. The minimum absolute atomic E-state index is 0.0733. The lowest BCUT2D eigenvalue weighted by molar-refractivity contribution is -0.115. The van der Waals surface area contributed by atoms with Crippen molar-refractivity contribution in [2.75, 3.05) is 18.6 Å². The van der Waals surface area contributed by atoms with E-state index in [9.17, 15) is 9.59 Å². The molecule has 1 aromatic carbocycles. The van der Waals surface area contributed by atoms with Crippen LogP contribution in [0.15, 0.2) is 24.3 Å². The van der Waals surface area contributed by atoms with Crippen LogP contribution in [-0.4, -0.2) is 30.4 Å². The number of hydrogen-bond acceptors (Lipinski definition) is 4. The third-order valence-corrected chi connectivity index (χ3v) is 6.06. The van der Waals surface area contributed by atoms with Gasteiger partial charge in [0.15, 0.2) is 0 Å². The lowest BCUT2D eigenvalue weighted by Crippen LogP contribution is -2.24. The van der Waals surface area contributed by atoms with Gasteiger partial charge in [0.1, 0.15) is 5.00 Å². The van der Waals surface area contributed by atoms with Crippen molar-refractivity contribution in [2.24, 2.45) is 0 Å². The second kappa shape index (κ2) is 6.37. The highest BCUT2D eigenvalue weighted by Crippen LogP contribution is 2.47. The minimum Gasteiger partial charge on any atom is -0.355 e. The first-order chi connectivity index (χ1) is 11.1. The van der Waals surface area contributed by atoms with Gasteiger partial charge in [-0.3, -0.25) is 9.59 Å². The highest BCUT2D eigenvalue weighted by atomic mass is 32.2. The third-order valence-electron chi connectivity index (χ3n) is 4.03. The summed E-state index contributed by atoms with van der Waals surface area (Å²) in [6.07, 6.45) is 2.71. The molecule has 4 nitrogen and oxygen atoms in total. The number of fused-ring (bicyclic) bond motifs is 3. The van der Waals surface area contributed by atoms with E-state index in [-0.39, 0.29) is 17.1 Å². The van der Waals surface area contributed by atoms with Gasteiger partial charge < -0.3 is 10.6 Å². The summed E-state index contributed by atoms with van der Waals surface area (Å²) in [7, 11) is 1.61. The minimum atomic E-state index is -0.161. The largest absolute Gasteiger partial charge is 0.355 e. The smallest absolute Gasteiger partial charge is 0.254 e. The van der Waals surface area contributed by atoms with Crippen LogP contribution < -0.4 is 10.6 Å². The van der Waals surface area contributed by atoms with Gasteiger partial charge in [-0.15, -0.1) is 11.3 Å². The van der Waals surface area contributed by atoms with Gasteiger partial charge in [-0.1, -0.05) is 24.3 Å². The van der Waals surface area contributed by atoms with E-state index >= 15 is 0 Å². The standard InChI is InChI=1S/C17H18N2O2S2/c1-9(22-3)15(20)19-17-14(16(21)18-2)13-11-7-5-4-6-10(11)8-12(13)23-17/h4-7,9H,8H2,1-3H3,(H,18,21)(H,19,20)/t9-/m0/s1. The topological polar surface area (TPSA) is 58.2 Å². The zero-order valence-electron chi connectivity index (χ0n) is 13.2. The lowest BCUT2D eigenvalue weighted by atomic mass is 10.0. The van der Waals surface area contributed by atoms with Crippen LogP contribution in [0.4, 0.5) is 5.00 Å². The van der Waals surface area contributed by atoms with Gasteiger partial charge in [-0.05, 0) is 24.3 Å². The Morgan fingerprint density at radius 1 is 1.30 bits per heavy atom. The van der Waals surface area contributed by atoms with Crippen LogP contribution in [0.1, 0.15) is 27.7 Å². The van der Waals surface area contributed by atoms with E-state index in [1.807, 2.05) is 31.4 Å². The molecule has 0 saturated carbocycles. The van der Waals surface area contributed by atoms with Crippen LogP contribution in [0.3, 0.4) is 0 Å². The summed E-state index contributed by atoms with van der Waals surface area (Å²) in [6.45, 7) is 1.86. The van der Waals surface area contributed by atoms with Crippen molar-refractivity contribution < 1.29 is 9.59 Å². The average Bonchev–Trinajstić information content (AvgIpc) is 3.08. The average molecular weight is 346 g/mol. The van der Waals surface area contributed by atoms with Crippen LogP contribution in [-0.2, 0) is 11.2 Å². The van der Waals surface area contributed by atoms with Crippen LogP contribution >= 0.6 is 23.1 Å². The fourth-order valence-corrected chi connectivity index (χ4v) is 4.24. The molecule has 0 spiro atoms. The van der Waals surface area contributed by atoms with Gasteiger partial charge in [-0.25, -0.2) is 0 Å². The molecule has 0 unspecified atom stereocenters. The van der Waals surface area contributed by atoms with E-state index in [4.69, 9.17) is 0 Å². The maximum absolute atomic E-state index is 12.4. The number of hydrogen-bond donors (Lipinski definition) is 2. The van der Waals surface area contributed by atoms with Crippen molar-refractivity contribution >= 4 is 39.9 Å². The summed E-state index contributed by atoms with van der Waals surface area (Å²) in [6, 6.07) is 8.12. The molecular formula is C17H18N2O2S2. The highest BCUT2D eigenvalue weighted by Gasteiger charge is 2.30. The molecule has 1 aliphatic carbocycles. The Bertz CT molecular complexity index is 783. The monoisotopic (exact) mass is 346 g/mol. The molecule has 120 valence electrons. The first-order valence-corrected chi connectivity index (χ1v) is 9.47. The fraction of sp³-hybridized carbons (Fsp3) is 0.294. The van der Waals surface area contributed by atoms with Gasteiger partial charge in [0, 0.05) is 23.9 Å². The van der Waals surface area contributed by atoms with Crippen LogP contribution in [0.25, 0.3) is 11.1 Å². The Balaban J connectivity index is 2.07. The first-order valence-electron chi connectivity index (χ1n) is 7.36. The van der Waals surface area contributed by atoms with Crippen LogP contribution in [0.2, 0.25) is 0 Å². The Morgan fingerprint density at radius 2 is 2.04 bits per heavy atom. The summed E-state index contributed by atoms with van der Waals surface area (Å²) in [5.41, 5.74) is 3.88. The summed E-state index contributed by atoms with van der Waals surface area (Å²) in [4.78, 5) is 25.8. The Morgan fingerprint density at radius 3 is 2.74 bits per heavy atom. The lowest BCUT2D eigenvalue weighted by Gasteiger charge is -2.11. The van der Waals surface area contributed by atoms with E-state index in [1.165, 1.54) is 28.7 Å². The van der Waals surface area contributed by atoms with E-state index < -0.39 is 0 Å². The molecule has 23 heavy (non-hydrogen) atoms. The zero-order chi connectivity index (χ0) is 16.6. The Hall–Kier alpha value is -1.79. The first kappa shape index (κ1) is 16.1. The van der Waals surface area contributed by atoms with Gasteiger partial charge in [0.25, 0.3) is 5.91 Å². The molecule has 1 atom stereocenters. The molecule has 1 aromatic heterocycles. The predicted molar refractivity (Wildman–Crippen MR) is 97.6 cm³/mol. The fourth-order valence-electron chi connectivity index (χ4n) is 2.73. The number of nitrogens with one attached hydrogen (secondary N) is 2. The number of rotatable bonds is 4. The number of benzene rings is 1. The summed E-state index contributed by atoms with van der Waals surface area (Å²) in [5.74, 6) is -0.234. The second-order valence-electron chi connectivity index (χ2n) is 5.38. The second-order valence-corrected chi connectivity index (χ2v) is 7.67. The van der Waals surface area contributed by atoms with Gasteiger partial charge >= 0.3 is 0 Å². The molecule has 1 aliphatic rings. The zero-order valence-corrected chi connectivity index (χ0v) is 14.9. The molecule has 2 amide bonds. The molecule has 0 fully saturated rings. The maximum atomic E-state index is 12.4. The SMILES string of the molecule is CNC(=O)c1c(NC(=O)[C@H](C)SC)sc2c1-c1ccccc1C2. The molecule has 0 saturated heterocycles. The number of carbonyl (C=O) groups excluding carboxylic acids is 2. The van der Waals surface area contributed by atoms with Crippen LogP contribution in [0.5, 0.6) is 0 Å². The third kappa shape index (κ3) is 2.77. The molecule has 0 aliphatic heterocycles. The molecule has 0 radical (unpaired) electrons. The molecule has 0 bridgehead atoms. The highest BCUT2D eigenvalue weighted by molar-refractivity contribution is 7.99. The maximum Gasteiger partial charge on any atom is 0.254 e. The normalized spacial score (nSPS) is 13.2. The van der Waals surface area contributed by atoms with Gasteiger partial charge in [-0.2, -0.15) is 11.8 Å². The summed E-state index contributed by atoms with van der Waals surface area (Å²) >= 11 is 2.99. The van der Waals surface area contributed by atoms with Gasteiger partial charge in [0.2, 0.25) is 5.91 Å². The Labute approximate surface area is 143 Å². The van der Waals surface area contributed by atoms with Crippen molar-refractivity contribution in [3.8, 4) is 11.1 Å². The van der Waals surface area contributed by atoms with E-state index in [0.29, 0.717) is 10.6 Å². The molecule has 2 aromatic rings. The Kier molecular flexibility index (Phi) is 4.46. The quantitative estimate of drug-likeness (QED) is 0.761. The molecule has 3 rings (SSSR count). The molecule has 1 heterocycles. The van der Waals surface area contributed by atoms with Crippen molar-refractivity contribution in [3.05, 3.63) is 40.3 Å². The van der Waals surface area contributed by atoms with E-state index in [2.05, 4.69) is 16.7 Å². The molecule has 2 N–H and O–H groups in total. The van der Waals surface area contributed by atoms with Gasteiger partial charge in [0.05, 0.1) is 10.8 Å². The predicted octanol–water partition coefficient (Wildman–Crippen LogP) is 3.37. The van der Waals surface area contributed by atoms with E-state index in [0.717, 1.165) is 22.4 Å². The number of anilines is 1.